The first-order valence-electron chi connectivity index (χ1n) is 22.5. The molecule has 1 amide bonds. The fraction of sp³-hybridized carbons (Fsp3) is 0.490. The Balaban J connectivity index is 1.66. The zero-order valence-corrected chi connectivity index (χ0v) is 39.1. The van der Waals surface area contributed by atoms with Crippen LogP contribution in [0.25, 0.3) is 0 Å². The smallest absolute Gasteiger partial charge is 0.338 e. The molecular weight excluding hydrogens is 926 g/mol. The largest absolute Gasteiger partial charge is 0.469 e. The van der Waals surface area contributed by atoms with Crippen molar-refractivity contribution in [3.8, 4) is 0 Å². The Bertz CT molecular complexity index is 2180. The first-order valence-corrected chi connectivity index (χ1v) is 23.0. The SMILES string of the molecule is COC(=O)CCCCCCCCO[C@@H]1O[C@H](COC(C)=O)[C@@H](O)[C@@](O)([C@@H]2O[C@H](C(O)C(=O)CCl)[C@H](OC(=O)c3ccccc3)[C@H](OC(=O)c3ccccc3)[C@H]2OC(=O)c2ccccc2)[C@H]1NC(C)=O. The van der Waals surface area contributed by atoms with E-state index in [4.69, 9.17) is 44.8 Å². The second-order valence-electron chi connectivity index (χ2n) is 16.4. The molecule has 0 radical (unpaired) electrons. The van der Waals surface area contributed by atoms with Crippen LogP contribution >= 0.6 is 11.6 Å². The van der Waals surface area contributed by atoms with Gasteiger partial charge in [0.25, 0.3) is 0 Å². The third-order valence-corrected chi connectivity index (χ3v) is 11.8. The van der Waals surface area contributed by atoms with Crippen LogP contribution in [-0.2, 0) is 57.1 Å². The number of aliphatic hydroxyl groups excluding tert-OH is 2. The number of hydrogen-bond donors (Lipinski definition) is 4. The monoisotopic (exact) mass is 983 g/mol. The third kappa shape index (κ3) is 14.4. The van der Waals surface area contributed by atoms with E-state index in [0.717, 1.165) is 33.1 Å². The summed E-state index contributed by atoms with van der Waals surface area (Å²) >= 11 is 5.96. The van der Waals surface area contributed by atoms with Gasteiger partial charge in [-0.1, -0.05) is 80.3 Å². The van der Waals surface area contributed by atoms with Crippen LogP contribution < -0.4 is 5.32 Å². The fourth-order valence-electron chi connectivity index (χ4n) is 8.07. The minimum Gasteiger partial charge on any atom is -0.469 e. The van der Waals surface area contributed by atoms with Gasteiger partial charge in [0.2, 0.25) is 5.91 Å². The Morgan fingerprint density at radius 2 is 1.20 bits per heavy atom. The molecule has 3 aromatic carbocycles. The van der Waals surface area contributed by atoms with Crippen LogP contribution in [0, 0.1) is 0 Å². The van der Waals surface area contributed by atoms with E-state index in [1.807, 2.05) is 0 Å². The lowest BCUT2D eigenvalue weighted by Gasteiger charge is -2.57. The molecule has 5 rings (SSSR count). The Morgan fingerprint density at radius 1 is 0.710 bits per heavy atom. The molecule has 2 heterocycles. The van der Waals surface area contributed by atoms with Gasteiger partial charge >= 0.3 is 29.8 Å². The number of benzene rings is 3. The number of amides is 1. The Kier molecular flexibility index (Phi) is 20.6. The van der Waals surface area contributed by atoms with Crippen LogP contribution in [0.4, 0.5) is 0 Å². The molecule has 0 bridgehead atoms. The molecule has 0 aliphatic carbocycles. The number of hydrogen-bond acceptors (Lipinski definition) is 18. The van der Waals surface area contributed by atoms with Gasteiger partial charge in [-0.05, 0) is 49.2 Å². The normalized spacial score (nSPS) is 25.8. The van der Waals surface area contributed by atoms with Gasteiger partial charge in [0.05, 0.1) is 29.7 Å². The topological polar surface area (TPSA) is 266 Å². The average molecular weight is 984 g/mol. The highest BCUT2D eigenvalue weighted by Crippen LogP contribution is 2.43. The van der Waals surface area contributed by atoms with Gasteiger partial charge in [0, 0.05) is 26.9 Å². The van der Waals surface area contributed by atoms with E-state index in [9.17, 15) is 48.9 Å². The van der Waals surface area contributed by atoms with Crippen molar-refractivity contribution in [3.63, 3.8) is 0 Å². The molecule has 3 aromatic rings. The van der Waals surface area contributed by atoms with Gasteiger partial charge in [-0.2, -0.15) is 0 Å². The molecule has 11 atom stereocenters. The van der Waals surface area contributed by atoms with Crippen molar-refractivity contribution in [1.82, 2.24) is 5.32 Å². The van der Waals surface area contributed by atoms with Crippen LogP contribution in [0.1, 0.15) is 89.9 Å². The van der Waals surface area contributed by atoms with E-state index in [1.54, 1.807) is 18.2 Å². The summed E-state index contributed by atoms with van der Waals surface area (Å²) in [6, 6.07) is 20.4. The summed E-state index contributed by atoms with van der Waals surface area (Å²) in [7, 11) is 1.32. The highest BCUT2D eigenvalue weighted by Gasteiger charge is 2.68. The summed E-state index contributed by atoms with van der Waals surface area (Å²) in [6.45, 7) is 1.38. The molecule has 19 nitrogen and oxygen atoms in total. The van der Waals surface area contributed by atoms with Gasteiger partial charge in [-0.25, -0.2) is 14.4 Å². The molecule has 2 saturated heterocycles. The molecule has 0 spiro atoms. The number of carbonyl (C=O) groups is 7. The van der Waals surface area contributed by atoms with Crippen LogP contribution in [0.2, 0.25) is 0 Å². The number of unbranched alkanes of at least 4 members (excludes halogenated alkanes) is 5. The quantitative estimate of drug-likeness (QED) is 0.0459. The maximum absolute atomic E-state index is 14.3. The molecule has 4 N–H and O–H groups in total. The van der Waals surface area contributed by atoms with E-state index in [2.05, 4.69) is 10.1 Å². The average Bonchev–Trinajstić information content (AvgIpc) is 3.35. The third-order valence-electron chi connectivity index (χ3n) is 11.6. The van der Waals surface area contributed by atoms with Crippen molar-refractivity contribution in [2.75, 3.05) is 26.2 Å². The van der Waals surface area contributed by atoms with Gasteiger partial charge in [-0.3, -0.25) is 19.2 Å². The van der Waals surface area contributed by atoms with E-state index < -0.39 is 115 Å². The van der Waals surface area contributed by atoms with E-state index in [-0.39, 0.29) is 29.3 Å². The molecule has 1 unspecified atom stereocenters. The lowest BCUT2D eigenvalue weighted by Crippen LogP contribution is -2.81. The lowest BCUT2D eigenvalue weighted by molar-refractivity contribution is -0.350. The lowest BCUT2D eigenvalue weighted by atomic mass is 9.72. The summed E-state index contributed by atoms with van der Waals surface area (Å²) in [5.41, 5.74) is -3.22. The number of methoxy groups -OCH3 is 1. The van der Waals surface area contributed by atoms with Crippen molar-refractivity contribution in [3.05, 3.63) is 108 Å². The predicted octanol–water partition coefficient (Wildman–Crippen LogP) is 3.40. The molecule has 20 heteroatoms. The molecular formula is C49H58ClNO18. The van der Waals surface area contributed by atoms with Gasteiger partial charge in [0.15, 0.2) is 30.4 Å². The number of ketones is 1. The number of alkyl halides is 1. The first kappa shape index (κ1) is 54.1. The van der Waals surface area contributed by atoms with Crippen molar-refractivity contribution >= 4 is 53.1 Å². The van der Waals surface area contributed by atoms with Crippen LogP contribution in [0.3, 0.4) is 0 Å². The predicted molar refractivity (Wildman–Crippen MR) is 241 cm³/mol. The number of aliphatic hydroxyl groups is 3. The zero-order valence-electron chi connectivity index (χ0n) is 38.3. The number of esters is 5. The summed E-state index contributed by atoms with van der Waals surface area (Å²) in [5.74, 6) is -7.14. The van der Waals surface area contributed by atoms with Crippen molar-refractivity contribution in [2.45, 2.75) is 126 Å². The summed E-state index contributed by atoms with van der Waals surface area (Å²) < 4.78 is 46.9. The Hall–Kier alpha value is -5.80. The van der Waals surface area contributed by atoms with Crippen LogP contribution in [-0.4, -0.2) is 150 Å². The second-order valence-corrected chi connectivity index (χ2v) is 16.7. The van der Waals surface area contributed by atoms with Crippen LogP contribution in [0.5, 0.6) is 0 Å². The van der Waals surface area contributed by atoms with E-state index in [1.165, 1.54) is 79.9 Å². The van der Waals surface area contributed by atoms with Crippen LogP contribution in [0.15, 0.2) is 91.0 Å². The Labute approximate surface area is 403 Å². The second kappa shape index (κ2) is 26.3. The summed E-state index contributed by atoms with van der Waals surface area (Å²) in [5, 5.41) is 40.2. The van der Waals surface area contributed by atoms with E-state index >= 15 is 0 Å². The minimum atomic E-state index is -3.05. The maximum atomic E-state index is 14.3. The standard InChI is InChI=1S/C49H58ClNO18/c1-29(52)51-42-48(63-26-18-7-5-4-6-17-25-36(55)62-3)65-35(28-64-30(2)53)43(57)49(42,61)44-41(69-47(60)33-23-15-10-16-24-33)40(68-46(59)32-21-13-9-14-22-32)39(38(66-44)37(56)34(54)27-50)67-45(58)31-19-11-8-12-20-31/h8-16,19-24,35,37-44,48,56-57,61H,4-7,17-18,25-28H2,1-3H3,(H,51,52)/t35-,37?,38-,39+,40+,41-,42+,43-,44-,48-,49-/m1/s1. The van der Waals surface area contributed by atoms with Gasteiger partial charge in [0.1, 0.15) is 48.8 Å². The molecule has 69 heavy (non-hydrogen) atoms. The van der Waals surface area contributed by atoms with E-state index in [0.29, 0.717) is 25.7 Å². The number of ether oxygens (including phenoxy) is 8. The first-order chi connectivity index (χ1) is 33.1. The Morgan fingerprint density at radius 3 is 1.70 bits per heavy atom. The van der Waals surface area contributed by atoms with Crippen molar-refractivity contribution in [1.29, 1.82) is 0 Å². The number of Topliss-reactive ketones (excluding diaryl/α,β-unsaturated/α-hetero) is 1. The molecule has 2 fully saturated rings. The number of halogens is 1. The number of nitrogens with one attached hydrogen (secondary N) is 1. The van der Waals surface area contributed by atoms with Gasteiger partial charge < -0.3 is 58.5 Å². The molecule has 2 aliphatic rings. The van der Waals surface area contributed by atoms with Crippen molar-refractivity contribution < 1.29 is 86.8 Å². The maximum Gasteiger partial charge on any atom is 0.338 e. The number of rotatable bonds is 23. The molecule has 374 valence electrons. The number of carbonyl (C=O) groups excluding carboxylic acids is 7. The van der Waals surface area contributed by atoms with Crippen molar-refractivity contribution in [2.24, 2.45) is 0 Å². The molecule has 0 aromatic heterocycles. The zero-order chi connectivity index (χ0) is 50.1. The summed E-state index contributed by atoms with van der Waals surface area (Å²) in [4.78, 5) is 92.6. The molecule has 2 aliphatic heterocycles. The minimum absolute atomic E-state index is 0.0430. The highest BCUT2D eigenvalue weighted by atomic mass is 35.5. The molecule has 0 saturated carbocycles. The summed E-state index contributed by atoms with van der Waals surface area (Å²) in [6.07, 6.45) is -14.5. The fourth-order valence-corrected chi connectivity index (χ4v) is 8.23. The highest BCUT2D eigenvalue weighted by molar-refractivity contribution is 6.28. The van der Waals surface area contributed by atoms with Gasteiger partial charge in [-0.15, -0.1) is 11.6 Å².